The van der Waals surface area contributed by atoms with Crippen molar-refractivity contribution < 1.29 is 28.8 Å². The Morgan fingerprint density at radius 3 is 2.20 bits per heavy atom. The predicted molar refractivity (Wildman–Crippen MR) is 26.4 cm³/mol. The van der Waals surface area contributed by atoms with Crippen molar-refractivity contribution in [2.45, 2.75) is 0 Å². The second-order valence-corrected chi connectivity index (χ2v) is 1.41. The van der Waals surface area contributed by atoms with Gasteiger partial charge in [-0.25, -0.2) is 9.97 Å². The van der Waals surface area contributed by atoms with Gasteiger partial charge in [-0.05, 0) is 0 Å². The van der Waals surface area contributed by atoms with Gasteiger partial charge in [0.25, 0.3) is 0 Å². The minimum absolute atomic E-state index is 0. The minimum atomic E-state index is -1.25. The van der Waals surface area contributed by atoms with Crippen LogP contribution in [0.3, 0.4) is 0 Å². The molecule has 5 heteroatoms. The van der Waals surface area contributed by atoms with E-state index in [0.29, 0.717) is 0 Å². The van der Waals surface area contributed by atoms with Gasteiger partial charge < -0.3 is 9.90 Å². The second-order valence-electron chi connectivity index (χ2n) is 1.41. The molecule has 0 saturated carbocycles. The van der Waals surface area contributed by atoms with Gasteiger partial charge in [0.05, 0.1) is 5.97 Å². The van der Waals surface area contributed by atoms with Crippen LogP contribution in [0.15, 0.2) is 18.7 Å². The van der Waals surface area contributed by atoms with E-state index in [4.69, 9.17) is 0 Å². The summed E-state index contributed by atoms with van der Waals surface area (Å²) < 4.78 is 0. The molecule has 0 aliphatic heterocycles. The average Bonchev–Trinajstić information content (AvgIpc) is 1.90. The topological polar surface area (TPSA) is 65.9 Å². The van der Waals surface area contributed by atoms with Gasteiger partial charge in [0, 0.05) is 18.0 Å². The van der Waals surface area contributed by atoms with Crippen molar-refractivity contribution in [3.63, 3.8) is 0 Å². The van der Waals surface area contributed by atoms with Crippen LogP contribution in [-0.4, -0.2) is 15.9 Å². The summed E-state index contributed by atoms with van der Waals surface area (Å²) in [6.07, 6.45) is 3.62. The Bertz CT molecular complexity index is 214. The third-order valence-electron chi connectivity index (χ3n) is 0.796. The average molecular weight is 130 g/mol. The number of hydrogen-bond donors (Lipinski definition) is 0. The monoisotopic (exact) mass is 130 g/mol. The molecule has 0 unspecified atom stereocenters. The van der Waals surface area contributed by atoms with Crippen molar-refractivity contribution in [3.05, 3.63) is 24.3 Å². The summed E-state index contributed by atoms with van der Waals surface area (Å²) in [4.78, 5) is 17.0. The first kappa shape index (κ1) is 9.15. The number of aromatic nitrogens is 2. The molecule has 0 bridgehead atoms. The van der Waals surface area contributed by atoms with Crippen molar-refractivity contribution >= 4 is 5.97 Å². The molecule has 0 atom stereocenters. The summed E-state index contributed by atoms with van der Waals surface area (Å²) in [5, 5.41) is 10.0. The van der Waals surface area contributed by atoms with Gasteiger partial charge in [0.15, 0.2) is 0 Å². The zero-order chi connectivity index (χ0) is 6.69. The third kappa shape index (κ3) is 2.17. The van der Waals surface area contributed by atoms with Crippen LogP contribution in [0.1, 0.15) is 10.4 Å². The van der Waals surface area contributed by atoms with Crippen LogP contribution in [-0.2, 0) is 0 Å². The first-order valence-corrected chi connectivity index (χ1v) is 2.27. The summed E-state index contributed by atoms with van der Waals surface area (Å²) in [7, 11) is 0. The zero-order valence-corrected chi connectivity index (χ0v) is 5.44. The van der Waals surface area contributed by atoms with Gasteiger partial charge in [-0.2, -0.15) is 0 Å². The number of carboxylic acid groups (broad SMARTS) is 1. The zero-order valence-electron chi connectivity index (χ0n) is 5.44. The standard InChI is InChI=1S/C5H4N2O2.Li/c8-5(9)4-1-6-3-7-2-4;/h1-3H,(H,8,9);/q;+1/p-1. The predicted octanol–water partition coefficient (Wildman–Crippen LogP) is -4.16. The fraction of sp³-hybridized carbons (Fsp3) is 0. The van der Waals surface area contributed by atoms with Gasteiger partial charge in [0.1, 0.15) is 6.33 Å². The van der Waals surface area contributed by atoms with Gasteiger partial charge in [-0.15, -0.1) is 0 Å². The molecule has 46 valence electrons. The fourth-order valence-electron chi connectivity index (χ4n) is 0.405. The van der Waals surface area contributed by atoms with E-state index in [0.717, 1.165) is 0 Å². The number of aromatic carboxylic acids is 1. The molecule has 0 radical (unpaired) electrons. The third-order valence-corrected chi connectivity index (χ3v) is 0.796. The second kappa shape index (κ2) is 4.04. The smallest absolute Gasteiger partial charge is 0.545 e. The molecule has 0 aromatic carbocycles. The normalized spacial score (nSPS) is 8.00. The van der Waals surface area contributed by atoms with E-state index in [-0.39, 0.29) is 24.4 Å². The maximum absolute atomic E-state index is 10.0. The minimum Gasteiger partial charge on any atom is -0.545 e. The maximum Gasteiger partial charge on any atom is 1.00 e. The summed E-state index contributed by atoms with van der Waals surface area (Å²) in [5.41, 5.74) is -0.00231. The van der Waals surface area contributed by atoms with E-state index in [1.165, 1.54) is 18.7 Å². The number of nitrogens with zero attached hydrogens (tertiary/aromatic N) is 2. The largest absolute Gasteiger partial charge is 1.00 e. The Morgan fingerprint density at radius 2 is 1.90 bits per heavy atom. The maximum atomic E-state index is 10.0. The van der Waals surface area contributed by atoms with E-state index in [1.807, 2.05) is 0 Å². The molecule has 0 spiro atoms. The Balaban J connectivity index is 0.000000810. The molecule has 0 fully saturated rings. The van der Waals surface area contributed by atoms with Crippen molar-refractivity contribution in [3.8, 4) is 0 Å². The van der Waals surface area contributed by atoms with E-state index >= 15 is 0 Å². The van der Waals surface area contributed by atoms with Crippen molar-refractivity contribution in [2.24, 2.45) is 0 Å². The molecule has 1 heterocycles. The van der Waals surface area contributed by atoms with Crippen LogP contribution in [0.4, 0.5) is 0 Å². The molecule has 1 rings (SSSR count). The Morgan fingerprint density at radius 1 is 1.40 bits per heavy atom. The van der Waals surface area contributed by atoms with Gasteiger partial charge >= 0.3 is 18.9 Å². The molecule has 0 aliphatic rings. The molecule has 4 nitrogen and oxygen atoms in total. The number of carbonyl (C=O) groups excluding carboxylic acids is 1. The molecule has 0 N–H and O–H groups in total. The fourth-order valence-corrected chi connectivity index (χ4v) is 0.405. The molecule has 10 heavy (non-hydrogen) atoms. The first-order valence-electron chi connectivity index (χ1n) is 2.27. The quantitative estimate of drug-likeness (QED) is 0.362. The van der Waals surface area contributed by atoms with E-state index in [9.17, 15) is 9.90 Å². The number of rotatable bonds is 1. The van der Waals surface area contributed by atoms with Crippen molar-refractivity contribution in [1.82, 2.24) is 9.97 Å². The van der Waals surface area contributed by atoms with Crippen LogP contribution in [0.2, 0.25) is 0 Å². The Kier molecular flexibility index (Phi) is 3.70. The van der Waals surface area contributed by atoms with Gasteiger partial charge in [-0.1, -0.05) is 0 Å². The van der Waals surface area contributed by atoms with Gasteiger partial charge in [-0.3, -0.25) is 0 Å². The summed E-state index contributed by atoms with van der Waals surface area (Å²) in [6, 6.07) is 0. The van der Waals surface area contributed by atoms with E-state index in [1.54, 1.807) is 0 Å². The summed E-state index contributed by atoms with van der Waals surface area (Å²) >= 11 is 0. The van der Waals surface area contributed by atoms with Crippen molar-refractivity contribution in [2.75, 3.05) is 0 Å². The number of carbonyl (C=O) groups is 1. The number of carboxylic acids is 1. The molecule has 1 aromatic heterocycles. The molecule has 0 aliphatic carbocycles. The molecular weight excluding hydrogens is 127 g/mol. The molecular formula is C5H3LiN2O2. The van der Waals surface area contributed by atoms with Crippen LogP contribution in [0, 0.1) is 0 Å². The van der Waals surface area contributed by atoms with Crippen molar-refractivity contribution in [1.29, 1.82) is 0 Å². The van der Waals surface area contributed by atoms with Crippen LogP contribution < -0.4 is 24.0 Å². The molecule has 0 saturated heterocycles. The number of hydrogen-bond acceptors (Lipinski definition) is 4. The van der Waals surface area contributed by atoms with Gasteiger partial charge in [0.2, 0.25) is 0 Å². The SMILES string of the molecule is O=C([O-])c1cncnc1.[Li+]. The van der Waals surface area contributed by atoms with Crippen LogP contribution in [0.25, 0.3) is 0 Å². The first-order chi connectivity index (χ1) is 4.30. The Hall–Kier alpha value is -0.853. The molecule has 0 amide bonds. The summed E-state index contributed by atoms with van der Waals surface area (Å²) in [6.45, 7) is 0. The van der Waals surface area contributed by atoms with Crippen LogP contribution in [0.5, 0.6) is 0 Å². The van der Waals surface area contributed by atoms with Crippen LogP contribution >= 0.6 is 0 Å². The summed E-state index contributed by atoms with van der Waals surface area (Å²) in [5.74, 6) is -1.25. The van der Waals surface area contributed by atoms with E-state index in [2.05, 4.69) is 9.97 Å². The van der Waals surface area contributed by atoms with E-state index < -0.39 is 5.97 Å². The molecule has 1 aromatic rings. The Labute approximate surface area is 69.5 Å².